The van der Waals surface area contributed by atoms with Crippen LogP contribution in [0.5, 0.6) is 0 Å². The van der Waals surface area contributed by atoms with Gasteiger partial charge in [0.2, 0.25) is 5.91 Å². The summed E-state index contributed by atoms with van der Waals surface area (Å²) in [6.07, 6.45) is 1.71. The number of carboxylic acids is 1. The van der Waals surface area contributed by atoms with Gasteiger partial charge >= 0.3 is 5.97 Å². The van der Waals surface area contributed by atoms with E-state index in [1.807, 2.05) is 30.7 Å². The fourth-order valence-corrected chi connectivity index (χ4v) is 2.32. The molecule has 0 aliphatic heterocycles. The van der Waals surface area contributed by atoms with Crippen LogP contribution in [0.1, 0.15) is 32.3 Å². The third-order valence-corrected chi connectivity index (χ3v) is 3.75. The Morgan fingerprint density at radius 1 is 1.50 bits per heavy atom. The standard InChI is InChI=1S/C13H19NO3S/c1-3-9(2)12(13(16)17)14-11(15)5-4-10-6-7-18-8-10/h6-9,12H,3-5H2,1-2H3,(H,14,15)(H,16,17)/t9-,12-/m0/s1. The Kier molecular flexibility index (Phi) is 5.85. The first-order chi connectivity index (χ1) is 8.54. The van der Waals surface area contributed by atoms with Crippen molar-refractivity contribution in [2.24, 2.45) is 5.92 Å². The number of nitrogens with one attached hydrogen (secondary N) is 1. The molecule has 0 aromatic carbocycles. The highest BCUT2D eigenvalue weighted by Gasteiger charge is 2.24. The fraction of sp³-hybridized carbons (Fsp3) is 0.538. The van der Waals surface area contributed by atoms with E-state index in [-0.39, 0.29) is 11.8 Å². The van der Waals surface area contributed by atoms with Gasteiger partial charge in [-0.2, -0.15) is 11.3 Å². The third kappa shape index (κ3) is 4.49. The van der Waals surface area contributed by atoms with Crippen molar-refractivity contribution in [1.82, 2.24) is 5.32 Å². The molecule has 0 saturated carbocycles. The minimum atomic E-state index is -0.965. The number of carboxylic acid groups (broad SMARTS) is 1. The van der Waals surface area contributed by atoms with Gasteiger partial charge in [-0.05, 0) is 34.7 Å². The van der Waals surface area contributed by atoms with Crippen molar-refractivity contribution >= 4 is 23.2 Å². The molecule has 1 heterocycles. The number of carbonyl (C=O) groups excluding carboxylic acids is 1. The normalized spacial score (nSPS) is 13.9. The number of thiophene rings is 1. The van der Waals surface area contributed by atoms with Crippen LogP contribution < -0.4 is 5.32 Å². The molecule has 0 saturated heterocycles. The lowest BCUT2D eigenvalue weighted by Crippen LogP contribution is -2.45. The van der Waals surface area contributed by atoms with Crippen LogP contribution in [0.15, 0.2) is 16.8 Å². The molecule has 1 rings (SSSR count). The van der Waals surface area contributed by atoms with Crippen LogP contribution in [-0.2, 0) is 16.0 Å². The lowest BCUT2D eigenvalue weighted by Gasteiger charge is -2.20. The molecule has 2 atom stereocenters. The molecule has 100 valence electrons. The van der Waals surface area contributed by atoms with Crippen molar-refractivity contribution in [3.05, 3.63) is 22.4 Å². The van der Waals surface area contributed by atoms with Gasteiger partial charge in [0.05, 0.1) is 0 Å². The van der Waals surface area contributed by atoms with Gasteiger partial charge in [0.1, 0.15) is 6.04 Å². The van der Waals surface area contributed by atoms with E-state index in [1.54, 1.807) is 11.3 Å². The first-order valence-corrected chi connectivity index (χ1v) is 7.02. The van der Waals surface area contributed by atoms with E-state index in [4.69, 9.17) is 5.11 Å². The summed E-state index contributed by atoms with van der Waals surface area (Å²) in [6.45, 7) is 3.75. The molecule has 1 aromatic rings. The maximum absolute atomic E-state index is 11.7. The van der Waals surface area contributed by atoms with Gasteiger partial charge < -0.3 is 10.4 Å². The summed E-state index contributed by atoms with van der Waals surface area (Å²) in [7, 11) is 0. The summed E-state index contributed by atoms with van der Waals surface area (Å²) in [5, 5.41) is 15.6. The van der Waals surface area contributed by atoms with Gasteiger partial charge in [-0.15, -0.1) is 0 Å². The number of aryl methyl sites for hydroxylation is 1. The van der Waals surface area contributed by atoms with Gasteiger partial charge in [0.25, 0.3) is 0 Å². The van der Waals surface area contributed by atoms with Crippen molar-refractivity contribution in [1.29, 1.82) is 0 Å². The van der Waals surface area contributed by atoms with Crippen molar-refractivity contribution in [3.63, 3.8) is 0 Å². The van der Waals surface area contributed by atoms with E-state index in [9.17, 15) is 9.59 Å². The van der Waals surface area contributed by atoms with Crippen molar-refractivity contribution < 1.29 is 14.7 Å². The van der Waals surface area contributed by atoms with Gasteiger partial charge in [0, 0.05) is 6.42 Å². The highest BCUT2D eigenvalue weighted by atomic mass is 32.1. The Morgan fingerprint density at radius 3 is 2.72 bits per heavy atom. The van der Waals surface area contributed by atoms with Gasteiger partial charge in [-0.1, -0.05) is 20.3 Å². The number of hydrogen-bond acceptors (Lipinski definition) is 3. The minimum absolute atomic E-state index is 0.0624. The van der Waals surface area contributed by atoms with Crippen LogP contribution in [-0.4, -0.2) is 23.0 Å². The summed E-state index contributed by atoms with van der Waals surface area (Å²) in [5.74, 6) is -1.23. The van der Waals surface area contributed by atoms with Gasteiger partial charge in [-0.3, -0.25) is 4.79 Å². The lowest BCUT2D eigenvalue weighted by molar-refractivity contribution is -0.143. The molecular weight excluding hydrogens is 250 g/mol. The highest BCUT2D eigenvalue weighted by Crippen LogP contribution is 2.10. The van der Waals surface area contributed by atoms with E-state index in [0.29, 0.717) is 12.8 Å². The fourth-order valence-electron chi connectivity index (χ4n) is 1.62. The second-order valence-electron chi connectivity index (χ2n) is 4.40. The number of rotatable bonds is 7. The Balaban J connectivity index is 2.44. The maximum Gasteiger partial charge on any atom is 0.326 e. The summed E-state index contributed by atoms with van der Waals surface area (Å²) < 4.78 is 0. The predicted molar refractivity (Wildman–Crippen MR) is 71.7 cm³/mol. The molecule has 18 heavy (non-hydrogen) atoms. The molecule has 0 aliphatic rings. The quantitative estimate of drug-likeness (QED) is 0.798. The van der Waals surface area contributed by atoms with E-state index >= 15 is 0 Å². The second kappa shape index (κ2) is 7.16. The van der Waals surface area contributed by atoms with Gasteiger partial charge in [0.15, 0.2) is 0 Å². The number of amides is 1. The van der Waals surface area contributed by atoms with E-state index in [1.165, 1.54) is 0 Å². The smallest absolute Gasteiger partial charge is 0.326 e. The predicted octanol–water partition coefficient (Wildman–Crippen LogP) is 2.30. The van der Waals surface area contributed by atoms with Crippen molar-refractivity contribution in [3.8, 4) is 0 Å². The molecule has 0 spiro atoms. The average molecular weight is 269 g/mol. The van der Waals surface area contributed by atoms with Crippen LogP contribution in [0.3, 0.4) is 0 Å². The molecule has 1 amide bonds. The van der Waals surface area contributed by atoms with Crippen LogP contribution in [0.2, 0.25) is 0 Å². The number of hydrogen-bond donors (Lipinski definition) is 2. The molecule has 0 bridgehead atoms. The number of carbonyl (C=O) groups is 2. The molecule has 5 heteroatoms. The minimum Gasteiger partial charge on any atom is -0.480 e. The zero-order valence-corrected chi connectivity index (χ0v) is 11.5. The van der Waals surface area contributed by atoms with E-state index < -0.39 is 12.0 Å². The first kappa shape index (κ1) is 14.7. The van der Waals surface area contributed by atoms with Crippen LogP contribution >= 0.6 is 11.3 Å². The Morgan fingerprint density at radius 2 is 2.22 bits per heavy atom. The van der Waals surface area contributed by atoms with Gasteiger partial charge in [-0.25, -0.2) is 4.79 Å². The van der Waals surface area contributed by atoms with Crippen molar-refractivity contribution in [2.45, 2.75) is 39.2 Å². The molecule has 0 radical (unpaired) electrons. The monoisotopic (exact) mass is 269 g/mol. The molecule has 1 aromatic heterocycles. The molecule has 0 fully saturated rings. The zero-order valence-electron chi connectivity index (χ0n) is 10.7. The zero-order chi connectivity index (χ0) is 13.5. The van der Waals surface area contributed by atoms with Crippen LogP contribution in [0.4, 0.5) is 0 Å². The third-order valence-electron chi connectivity index (χ3n) is 3.02. The Labute approximate surface area is 111 Å². The topological polar surface area (TPSA) is 66.4 Å². The Hall–Kier alpha value is -1.36. The molecule has 2 N–H and O–H groups in total. The molecule has 0 aliphatic carbocycles. The lowest BCUT2D eigenvalue weighted by atomic mass is 9.99. The summed E-state index contributed by atoms with van der Waals surface area (Å²) in [4.78, 5) is 22.8. The number of aliphatic carboxylic acids is 1. The second-order valence-corrected chi connectivity index (χ2v) is 5.18. The van der Waals surface area contributed by atoms with E-state index in [2.05, 4.69) is 5.32 Å². The molecule has 0 unspecified atom stereocenters. The first-order valence-electron chi connectivity index (χ1n) is 6.07. The SMILES string of the molecule is CC[C@H](C)[C@H](NC(=O)CCc1ccsc1)C(=O)O. The highest BCUT2D eigenvalue weighted by molar-refractivity contribution is 7.07. The van der Waals surface area contributed by atoms with Crippen LogP contribution in [0.25, 0.3) is 0 Å². The van der Waals surface area contributed by atoms with Crippen molar-refractivity contribution in [2.75, 3.05) is 0 Å². The molecule has 4 nitrogen and oxygen atoms in total. The summed E-state index contributed by atoms with van der Waals surface area (Å²) in [6, 6.07) is 1.19. The molecular formula is C13H19NO3S. The van der Waals surface area contributed by atoms with Crippen LogP contribution in [0, 0.1) is 5.92 Å². The van der Waals surface area contributed by atoms with E-state index in [0.717, 1.165) is 12.0 Å². The largest absolute Gasteiger partial charge is 0.480 e. The summed E-state index contributed by atoms with van der Waals surface area (Å²) >= 11 is 1.59. The Bertz CT molecular complexity index is 389. The summed E-state index contributed by atoms with van der Waals surface area (Å²) in [5.41, 5.74) is 1.12. The average Bonchev–Trinajstić information content (AvgIpc) is 2.85. The maximum atomic E-state index is 11.7.